The SMILES string of the molecule is Cc1cccc(C(C)C#N)c1CNC(=O)NC(=O)c1ccccc1N. The second-order valence-corrected chi connectivity index (χ2v) is 5.72. The van der Waals surface area contributed by atoms with Crippen molar-refractivity contribution in [2.24, 2.45) is 0 Å². The second-order valence-electron chi connectivity index (χ2n) is 5.72. The Morgan fingerprint density at radius 3 is 2.60 bits per heavy atom. The number of rotatable bonds is 4. The first kappa shape index (κ1) is 18.0. The number of carbonyl (C=O) groups excluding carboxylic acids is 2. The van der Waals surface area contributed by atoms with Crippen LogP contribution in [0.1, 0.15) is 39.9 Å². The Morgan fingerprint density at radius 2 is 1.92 bits per heavy atom. The Balaban J connectivity index is 2.05. The highest BCUT2D eigenvalue weighted by Gasteiger charge is 2.15. The maximum atomic E-state index is 12.1. The molecule has 128 valence electrons. The van der Waals surface area contributed by atoms with Crippen molar-refractivity contribution in [3.63, 3.8) is 0 Å². The minimum atomic E-state index is -0.618. The van der Waals surface area contributed by atoms with E-state index in [1.807, 2.05) is 25.1 Å². The summed E-state index contributed by atoms with van der Waals surface area (Å²) in [5.74, 6) is -0.850. The highest BCUT2D eigenvalue weighted by atomic mass is 16.2. The average Bonchev–Trinajstić information content (AvgIpc) is 2.60. The van der Waals surface area contributed by atoms with Crippen molar-refractivity contribution in [2.45, 2.75) is 26.3 Å². The van der Waals surface area contributed by atoms with Gasteiger partial charge in [0.25, 0.3) is 5.91 Å². The fraction of sp³-hybridized carbons (Fsp3) is 0.211. The van der Waals surface area contributed by atoms with E-state index in [-0.39, 0.29) is 18.0 Å². The number of anilines is 1. The van der Waals surface area contributed by atoms with Crippen molar-refractivity contribution in [2.75, 3.05) is 5.73 Å². The number of nitrogens with one attached hydrogen (secondary N) is 2. The summed E-state index contributed by atoms with van der Waals surface area (Å²) in [7, 11) is 0. The lowest BCUT2D eigenvalue weighted by atomic mass is 9.93. The molecule has 6 heteroatoms. The van der Waals surface area contributed by atoms with Gasteiger partial charge in [0.15, 0.2) is 0 Å². The highest BCUT2D eigenvalue weighted by molar-refractivity contribution is 6.07. The zero-order valence-electron chi connectivity index (χ0n) is 14.2. The molecule has 0 saturated carbocycles. The van der Waals surface area contributed by atoms with E-state index in [0.717, 1.165) is 16.7 Å². The normalized spacial score (nSPS) is 11.2. The third-order valence-electron chi connectivity index (χ3n) is 3.96. The number of hydrogen-bond acceptors (Lipinski definition) is 4. The predicted molar refractivity (Wildman–Crippen MR) is 95.8 cm³/mol. The van der Waals surface area contributed by atoms with Crippen molar-refractivity contribution in [3.05, 3.63) is 64.7 Å². The van der Waals surface area contributed by atoms with Gasteiger partial charge in [-0.25, -0.2) is 4.79 Å². The Kier molecular flexibility index (Phi) is 5.75. The smallest absolute Gasteiger partial charge is 0.321 e. The van der Waals surface area contributed by atoms with Crippen molar-refractivity contribution in [3.8, 4) is 6.07 Å². The number of carbonyl (C=O) groups is 2. The number of hydrogen-bond donors (Lipinski definition) is 3. The quantitative estimate of drug-likeness (QED) is 0.746. The van der Waals surface area contributed by atoms with Crippen molar-refractivity contribution in [1.82, 2.24) is 10.6 Å². The molecule has 0 fully saturated rings. The van der Waals surface area contributed by atoms with Gasteiger partial charge in [0.05, 0.1) is 17.6 Å². The van der Waals surface area contributed by atoms with Crippen LogP contribution in [0.2, 0.25) is 0 Å². The van der Waals surface area contributed by atoms with Gasteiger partial charge >= 0.3 is 6.03 Å². The molecular formula is C19H20N4O2. The number of nitrogens with zero attached hydrogens (tertiary/aromatic N) is 1. The van der Waals surface area contributed by atoms with Crippen LogP contribution in [0.3, 0.4) is 0 Å². The number of nitrogens with two attached hydrogens (primary N) is 1. The first-order chi connectivity index (χ1) is 11.9. The molecule has 2 aromatic rings. The number of urea groups is 1. The molecule has 0 bridgehead atoms. The van der Waals surface area contributed by atoms with Crippen molar-refractivity contribution >= 4 is 17.6 Å². The molecular weight excluding hydrogens is 316 g/mol. The largest absolute Gasteiger partial charge is 0.398 e. The van der Waals surface area contributed by atoms with E-state index in [2.05, 4.69) is 16.7 Å². The molecule has 4 N–H and O–H groups in total. The van der Waals surface area contributed by atoms with E-state index in [9.17, 15) is 9.59 Å². The van der Waals surface area contributed by atoms with Gasteiger partial charge in [-0.3, -0.25) is 10.1 Å². The topological polar surface area (TPSA) is 108 Å². The van der Waals surface area contributed by atoms with E-state index in [4.69, 9.17) is 11.0 Å². The van der Waals surface area contributed by atoms with E-state index < -0.39 is 11.9 Å². The van der Waals surface area contributed by atoms with E-state index >= 15 is 0 Å². The summed E-state index contributed by atoms with van der Waals surface area (Å²) in [6.07, 6.45) is 0. The lowest BCUT2D eigenvalue weighted by Gasteiger charge is -2.15. The molecule has 2 aromatic carbocycles. The summed E-state index contributed by atoms with van der Waals surface area (Å²) in [4.78, 5) is 24.1. The van der Waals surface area contributed by atoms with Crippen LogP contribution in [0.15, 0.2) is 42.5 Å². The minimum Gasteiger partial charge on any atom is -0.398 e. The van der Waals surface area contributed by atoms with Gasteiger partial charge in [-0.1, -0.05) is 30.3 Å². The van der Waals surface area contributed by atoms with Crippen LogP contribution in [0.4, 0.5) is 10.5 Å². The van der Waals surface area contributed by atoms with Crippen LogP contribution < -0.4 is 16.4 Å². The van der Waals surface area contributed by atoms with Gasteiger partial charge in [0.1, 0.15) is 0 Å². The van der Waals surface area contributed by atoms with Crippen LogP contribution >= 0.6 is 0 Å². The third-order valence-corrected chi connectivity index (χ3v) is 3.96. The first-order valence-electron chi connectivity index (χ1n) is 7.85. The zero-order valence-corrected chi connectivity index (χ0v) is 14.2. The summed E-state index contributed by atoms with van der Waals surface area (Å²) < 4.78 is 0. The highest BCUT2D eigenvalue weighted by Crippen LogP contribution is 2.22. The fourth-order valence-electron chi connectivity index (χ4n) is 2.53. The van der Waals surface area contributed by atoms with Crippen LogP contribution in [0.5, 0.6) is 0 Å². The molecule has 3 amide bonds. The van der Waals surface area contributed by atoms with E-state index in [1.54, 1.807) is 31.2 Å². The summed E-state index contributed by atoms with van der Waals surface area (Å²) >= 11 is 0. The van der Waals surface area contributed by atoms with Gasteiger partial charge in [-0.15, -0.1) is 0 Å². The molecule has 2 rings (SSSR count). The summed E-state index contributed by atoms with van der Waals surface area (Å²) in [6, 6.07) is 13.8. The number of nitrogen functional groups attached to an aromatic ring is 1. The molecule has 1 atom stereocenters. The number of imide groups is 1. The zero-order chi connectivity index (χ0) is 18.4. The monoisotopic (exact) mass is 336 g/mol. The molecule has 0 heterocycles. The van der Waals surface area contributed by atoms with Crippen LogP contribution in [0, 0.1) is 18.3 Å². The number of nitriles is 1. The van der Waals surface area contributed by atoms with Crippen molar-refractivity contribution in [1.29, 1.82) is 5.26 Å². The first-order valence-corrected chi connectivity index (χ1v) is 7.85. The van der Waals surface area contributed by atoms with Gasteiger partial charge in [-0.05, 0) is 42.7 Å². The number of benzene rings is 2. The summed E-state index contributed by atoms with van der Waals surface area (Å²) in [6.45, 7) is 3.94. The van der Waals surface area contributed by atoms with Gasteiger partial charge < -0.3 is 11.1 Å². The third kappa shape index (κ3) is 4.36. The molecule has 6 nitrogen and oxygen atoms in total. The average molecular weight is 336 g/mol. The van der Waals surface area contributed by atoms with Gasteiger partial charge in [-0.2, -0.15) is 5.26 Å². The van der Waals surface area contributed by atoms with Crippen LogP contribution in [-0.2, 0) is 6.54 Å². The number of amides is 3. The Bertz CT molecular complexity index is 840. The summed E-state index contributed by atoms with van der Waals surface area (Å²) in [5.41, 5.74) is 8.98. The molecule has 0 saturated heterocycles. The van der Waals surface area contributed by atoms with Crippen molar-refractivity contribution < 1.29 is 9.59 Å². The maximum Gasteiger partial charge on any atom is 0.321 e. The molecule has 0 aromatic heterocycles. The number of para-hydroxylation sites is 1. The molecule has 0 aliphatic rings. The molecule has 1 unspecified atom stereocenters. The lowest BCUT2D eigenvalue weighted by Crippen LogP contribution is -2.39. The van der Waals surface area contributed by atoms with Gasteiger partial charge in [0, 0.05) is 12.2 Å². The molecule has 0 spiro atoms. The Morgan fingerprint density at radius 1 is 1.20 bits per heavy atom. The van der Waals surface area contributed by atoms with E-state index in [1.165, 1.54) is 0 Å². The molecule has 0 aliphatic heterocycles. The fourth-order valence-corrected chi connectivity index (χ4v) is 2.53. The lowest BCUT2D eigenvalue weighted by molar-refractivity contribution is 0.0965. The molecule has 0 aliphatic carbocycles. The minimum absolute atomic E-state index is 0.220. The Labute approximate surface area is 146 Å². The Hall–Kier alpha value is -3.33. The summed E-state index contributed by atoms with van der Waals surface area (Å²) in [5, 5.41) is 14.1. The number of aryl methyl sites for hydroxylation is 1. The van der Waals surface area contributed by atoms with Gasteiger partial charge in [0.2, 0.25) is 0 Å². The van der Waals surface area contributed by atoms with Crippen LogP contribution in [0.25, 0.3) is 0 Å². The van der Waals surface area contributed by atoms with E-state index in [0.29, 0.717) is 5.69 Å². The standard InChI is InChI=1S/C19H20N4O2/c1-12-6-5-8-14(13(2)10-20)16(12)11-22-19(25)23-18(24)15-7-3-4-9-17(15)21/h3-9,13H,11,21H2,1-2H3,(H2,22,23,24,25). The predicted octanol–water partition coefficient (Wildman–Crippen LogP) is 2.84. The molecule has 25 heavy (non-hydrogen) atoms. The molecule has 0 radical (unpaired) electrons. The second kappa shape index (κ2) is 7.97. The van der Waals surface area contributed by atoms with Crippen LogP contribution in [-0.4, -0.2) is 11.9 Å². The maximum absolute atomic E-state index is 12.1.